The fourth-order valence-corrected chi connectivity index (χ4v) is 2.29. The third-order valence-electron chi connectivity index (χ3n) is 3.55. The van der Waals surface area contributed by atoms with E-state index in [0.717, 1.165) is 6.42 Å². The van der Waals surface area contributed by atoms with Gasteiger partial charge in [-0.1, -0.05) is 57.5 Å². The third-order valence-corrected chi connectivity index (χ3v) is 3.55. The van der Waals surface area contributed by atoms with E-state index in [1.807, 2.05) is 0 Å². The van der Waals surface area contributed by atoms with Crippen LogP contribution in [0.5, 0.6) is 0 Å². The summed E-state index contributed by atoms with van der Waals surface area (Å²) in [6.45, 7) is 11.2. The summed E-state index contributed by atoms with van der Waals surface area (Å²) in [6, 6.07) is 10.0. The second-order valence-electron chi connectivity index (χ2n) is 5.30. The fourth-order valence-electron chi connectivity index (χ4n) is 2.29. The predicted octanol–water partition coefficient (Wildman–Crippen LogP) is 4.47. The maximum Gasteiger partial charge on any atom is 0.0320 e. The van der Waals surface area contributed by atoms with Crippen LogP contribution in [-0.4, -0.2) is 6.04 Å². The largest absolute Gasteiger partial charge is 0.307 e. The Bertz CT molecular complexity index is 313. The van der Waals surface area contributed by atoms with Gasteiger partial charge < -0.3 is 5.32 Å². The zero-order valence-corrected chi connectivity index (χ0v) is 12.0. The molecular weight excluding hydrogens is 206 g/mol. The molecular formula is C16H27N. The lowest BCUT2D eigenvalue weighted by Crippen LogP contribution is -2.36. The molecule has 0 heterocycles. The van der Waals surface area contributed by atoms with E-state index in [-0.39, 0.29) is 0 Å². The molecule has 0 saturated carbocycles. The molecule has 0 aliphatic rings. The molecule has 0 bridgehead atoms. The topological polar surface area (TPSA) is 12.0 Å². The van der Waals surface area contributed by atoms with Crippen molar-refractivity contribution in [3.8, 4) is 0 Å². The van der Waals surface area contributed by atoms with E-state index in [1.54, 1.807) is 0 Å². The van der Waals surface area contributed by atoms with Gasteiger partial charge in [0.05, 0.1) is 0 Å². The summed E-state index contributed by atoms with van der Waals surface area (Å²) < 4.78 is 0. The number of rotatable bonds is 6. The Balaban J connectivity index is 2.74. The summed E-state index contributed by atoms with van der Waals surface area (Å²) in [5.74, 6) is 0.694. The van der Waals surface area contributed by atoms with Crippen LogP contribution in [-0.2, 0) is 0 Å². The molecule has 2 unspecified atom stereocenters. The second-order valence-corrected chi connectivity index (χ2v) is 5.30. The van der Waals surface area contributed by atoms with E-state index in [9.17, 15) is 0 Å². The molecule has 96 valence electrons. The first-order valence-electron chi connectivity index (χ1n) is 6.91. The number of benzene rings is 1. The minimum absolute atomic E-state index is 0.489. The van der Waals surface area contributed by atoms with Crippen LogP contribution in [0.25, 0.3) is 0 Å². The zero-order valence-electron chi connectivity index (χ0n) is 12.0. The minimum atomic E-state index is 0.489. The Morgan fingerprint density at radius 1 is 1.00 bits per heavy atom. The van der Waals surface area contributed by atoms with Crippen molar-refractivity contribution in [3.63, 3.8) is 0 Å². The van der Waals surface area contributed by atoms with Gasteiger partial charge in [0.15, 0.2) is 0 Å². The monoisotopic (exact) mass is 233 g/mol. The lowest BCUT2D eigenvalue weighted by molar-refractivity contribution is 0.340. The quantitative estimate of drug-likeness (QED) is 0.764. The lowest BCUT2D eigenvalue weighted by Gasteiger charge is -2.27. The van der Waals surface area contributed by atoms with Gasteiger partial charge in [-0.15, -0.1) is 0 Å². The first-order valence-corrected chi connectivity index (χ1v) is 6.91. The van der Waals surface area contributed by atoms with Gasteiger partial charge in [0.1, 0.15) is 0 Å². The van der Waals surface area contributed by atoms with Crippen LogP contribution in [0.4, 0.5) is 0 Å². The molecule has 0 spiro atoms. The van der Waals surface area contributed by atoms with Gasteiger partial charge in [0.2, 0.25) is 0 Å². The van der Waals surface area contributed by atoms with E-state index in [0.29, 0.717) is 18.0 Å². The smallest absolute Gasteiger partial charge is 0.0320 e. The SMILES string of the molecule is CCC(NC(CC)C(C)C)c1ccc(C)cc1. The predicted molar refractivity (Wildman–Crippen MR) is 76.3 cm³/mol. The summed E-state index contributed by atoms with van der Waals surface area (Å²) >= 11 is 0. The molecule has 0 aromatic heterocycles. The standard InChI is InChI=1S/C16H27N/c1-6-15(12(3)4)17-16(7-2)14-10-8-13(5)9-11-14/h8-12,15-17H,6-7H2,1-5H3. The normalized spacial score (nSPS) is 14.9. The maximum atomic E-state index is 3.79. The zero-order chi connectivity index (χ0) is 12.8. The maximum absolute atomic E-state index is 3.79. The highest BCUT2D eigenvalue weighted by atomic mass is 15.0. The van der Waals surface area contributed by atoms with Crippen molar-refractivity contribution in [2.75, 3.05) is 0 Å². The summed E-state index contributed by atoms with van der Waals surface area (Å²) in [7, 11) is 0. The van der Waals surface area contributed by atoms with Crippen LogP contribution in [0.15, 0.2) is 24.3 Å². The van der Waals surface area contributed by atoms with Gasteiger partial charge in [-0.25, -0.2) is 0 Å². The number of hydrogen-bond acceptors (Lipinski definition) is 1. The Kier molecular flexibility index (Phi) is 5.70. The van der Waals surface area contributed by atoms with Crippen LogP contribution in [0.3, 0.4) is 0 Å². The average molecular weight is 233 g/mol. The molecule has 1 nitrogen and oxygen atoms in total. The highest BCUT2D eigenvalue weighted by Gasteiger charge is 2.16. The molecule has 0 radical (unpaired) electrons. The molecule has 0 aliphatic carbocycles. The number of hydrogen-bond donors (Lipinski definition) is 1. The first-order chi connectivity index (χ1) is 8.08. The second kappa shape index (κ2) is 6.80. The molecule has 0 amide bonds. The number of aryl methyl sites for hydroxylation is 1. The van der Waals surface area contributed by atoms with Crippen LogP contribution >= 0.6 is 0 Å². The Labute approximate surface area is 107 Å². The molecule has 1 aromatic rings. The van der Waals surface area contributed by atoms with Gasteiger partial charge in [-0.3, -0.25) is 0 Å². The molecule has 0 fully saturated rings. The average Bonchev–Trinajstić information content (AvgIpc) is 2.32. The van der Waals surface area contributed by atoms with E-state index in [4.69, 9.17) is 0 Å². The molecule has 1 aromatic carbocycles. The molecule has 17 heavy (non-hydrogen) atoms. The van der Waals surface area contributed by atoms with Crippen molar-refractivity contribution in [3.05, 3.63) is 35.4 Å². The van der Waals surface area contributed by atoms with E-state index in [1.165, 1.54) is 17.5 Å². The van der Waals surface area contributed by atoms with Gasteiger partial charge in [-0.2, -0.15) is 0 Å². The van der Waals surface area contributed by atoms with Gasteiger partial charge in [0, 0.05) is 12.1 Å². The minimum Gasteiger partial charge on any atom is -0.307 e. The van der Waals surface area contributed by atoms with E-state index < -0.39 is 0 Å². The van der Waals surface area contributed by atoms with Crippen molar-refractivity contribution in [1.29, 1.82) is 0 Å². The summed E-state index contributed by atoms with van der Waals surface area (Å²) in [6.07, 6.45) is 2.34. The molecule has 0 saturated heterocycles. The van der Waals surface area contributed by atoms with E-state index in [2.05, 4.69) is 64.2 Å². The molecule has 0 aliphatic heterocycles. The lowest BCUT2D eigenvalue weighted by atomic mass is 9.97. The van der Waals surface area contributed by atoms with Crippen molar-refractivity contribution >= 4 is 0 Å². The van der Waals surface area contributed by atoms with Crippen LogP contribution in [0, 0.1) is 12.8 Å². The Morgan fingerprint density at radius 3 is 2.00 bits per heavy atom. The van der Waals surface area contributed by atoms with Crippen molar-refractivity contribution in [1.82, 2.24) is 5.32 Å². The molecule has 2 atom stereocenters. The highest BCUT2D eigenvalue weighted by Crippen LogP contribution is 2.20. The first kappa shape index (κ1) is 14.2. The van der Waals surface area contributed by atoms with Crippen molar-refractivity contribution < 1.29 is 0 Å². The summed E-state index contributed by atoms with van der Waals surface area (Å²) in [4.78, 5) is 0. The van der Waals surface area contributed by atoms with E-state index >= 15 is 0 Å². The third kappa shape index (κ3) is 4.16. The van der Waals surface area contributed by atoms with Crippen molar-refractivity contribution in [2.45, 2.75) is 59.5 Å². The van der Waals surface area contributed by atoms with Crippen LogP contribution in [0.1, 0.15) is 57.7 Å². The van der Waals surface area contributed by atoms with Gasteiger partial charge >= 0.3 is 0 Å². The number of nitrogens with one attached hydrogen (secondary N) is 1. The van der Waals surface area contributed by atoms with Crippen molar-refractivity contribution in [2.24, 2.45) is 5.92 Å². The van der Waals surface area contributed by atoms with Gasteiger partial charge in [-0.05, 0) is 31.2 Å². The summed E-state index contributed by atoms with van der Waals surface area (Å²) in [5.41, 5.74) is 2.75. The highest BCUT2D eigenvalue weighted by molar-refractivity contribution is 5.24. The Morgan fingerprint density at radius 2 is 1.59 bits per heavy atom. The summed E-state index contributed by atoms with van der Waals surface area (Å²) in [5, 5.41) is 3.79. The fraction of sp³-hybridized carbons (Fsp3) is 0.625. The van der Waals surface area contributed by atoms with Gasteiger partial charge in [0.25, 0.3) is 0 Å². The Hall–Kier alpha value is -0.820. The molecule has 1 heteroatoms. The molecule has 1 rings (SSSR count). The van der Waals surface area contributed by atoms with Crippen LogP contribution in [0.2, 0.25) is 0 Å². The molecule has 1 N–H and O–H groups in total. The van der Waals surface area contributed by atoms with Crippen LogP contribution < -0.4 is 5.32 Å².